The lowest BCUT2D eigenvalue weighted by atomic mass is 9.92. The van der Waals surface area contributed by atoms with Crippen LogP contribution in [0.15, 0.2) is 53.5 Å². The number of nitrogens with one attached hydrogen (secondary N) is 1. The molecule has 9 nitrogen and oxygen atoms in total. The van der Waals surface area contributed by atoms with Gasteiger partial charge in [-0.3, -0.25) is 14.3 Å². The molecule has 1 amide bonds. The Balaban J connectivity index is 1.37. The SMILES string of the molecule is C[C@@H]1CN(c2c(NC(=O)c3ccc(=O)n(-c4c(F)cccc4F)n3)ccc3nn(C4CCC(F)(F)CC4)cc23)C[C@@H]1N. The van der Waals surface area contributed by atoms with Gasteiger partial charge in [0.25, 0.3) is 11.5 Å². The van der Waals surface area contributed by atoms with Crippen LogP contribution in [0.3, 0.4) is 0 Å². The minimum absolute atomic E-state index is 0.111. The van der Waals surface area contributed by atoms with Gasteiger partial charge in [0.15, 0.2) is 11.6 Å². The first kappa shape index (κ1) is 27.9. The summed E-state index contributed by atoms with van der Waals surface area (Å²) in [6, 6.07) is 8.44. The minimum Gasteiger partial charge on any atom is -0.367 e. The molecule has 1 aliphatic heterocycles. The number of alkyl halides is 2. The number of aromatic nitrogens is 4. The third kappa shape index (κ3) is 5.13. The van der Waals surface area contributed by atoms with Crippen LogP contribution < -0.4 is 21.5 Å². The molecule has 1 saturated carbocycles. The number of carbonyl (C=O) groups is 1. The number of rotatable bonds is 5. The van der Waals surface area contributed by atoms with E-state index in [9.17, 15) is 27.2 Å². The second-order valence-corrected chi connectivity index (χ2v) is 11.1. The summed E-state index contributed by atoms with van der Waals surface area (Å²) >= 11 is 0. The van der Waals surface area contributed by atoms with Gasteiger partial charge in [-0.25, -0.2) is 17.6 Å². The number of para-hydroxylation sites is 1. The summed E-state index contributed by atoms with van der Waals surface area (Å²) in [7, 11) is 0. The zero-order chi connectivity index (χ0) is 29.8. The lowest BCUT2D eigenvalue weighted by Crippen LogP contribution is -2.29. The number of hydrogen-bond donors (Lipinski definition) is 2. The Labute approximate surface area is 237 Å². The number of nitrogens with two attached hydrogens (primary N) is 1. The fourth-order valence-corrected chi connectivity index (χ4v) is 5.76. The smallest absolute Gasteiger partial charge is 0.276 e. The van der Waals surface area contributed by atoms with Crippen molar-refractivity contribution < 1.29 is 22.4 Å². The van der Waals surface area contributed by atoms with Gasteiger partial charge in [0.1, 0.15) is 11.4 Å². The van der Waals surface area contributed by atoms with Crippen LogP contribution in [0.2, 0.25) is 0 Å². The maximum Gasteiger partial charge on any atom is 0.276 e. The van der Waals surface area contributed by atoms with Gasteiger partial charge in [-0.05, 0) is 49.1 Å². The minimum atomic E-state index is -2.66. The van der Waals surface area contributed by atoms with Crippen LogP contribution in [-0.2, 0) is 0 Å². The highest BCUT2D eigenvalue weighted by atomic mass is 19.3. The normalized spacial score (nSPS) is 20.8. The van der Waals surface area contributed by atoms with Crippen molar-refractivity contribution in [3.05, 3.63) is 76.3 Å². The Morgan fingerprint density at radius 3 is 2.38 bits per heavy atom. The molecule has 3 heterocycles. The number of hydrogen-bond acceptors (Lipinski definition) is 6. The van der Waals surface area contributed by atoms with E-state index in [0.717, 1.165) is 29.7 Å². The van der Waals surface area contributed by atoms with Gasteiger partial charge in [-0.1, -0.05) is 13.0 Å². The lowest BCUT2D eigenvalue weighted by Gasteiger charge is -2.28. The lowest BCUT2D eigenvalue weighted by molar-refractivity contribution is -0.0449. The van der Waals surface area contributed by atoms with Crippen molar-refractivity contribution in [2.75, 3.05) is 23.3 Å². The maximum absolute atomic E-state index is 14.4. The molecule has 220 valence electrons. The maximum atomic E-state index is 14.4. The van der Waals surface area contributed by atoms with E-state index in [0.29, 0.717) is 47.5 Å². The van der Waals surface area contributed by atoms with E-state index in [1.807, 2.05) is 13.1 Å². The molecule has 0 bridgehead atoms. The molecule has 6 rings (SSSR count). The van der Waals surface area contributed by atoms with Crippen LogP contribution in [0.4, 0.5) is 28.9 Å². The van der Waals surface area contributed by atoms with Crippen molar-refractivity contribution in [3.63, 3.8) is 0 Å². The fraction of sp³-hybridized carbons (Fsp3) is 0.379. The summed E-state index contributed by atoms with van der Waals surface area (Å²) in [6.07, 6.45) is 2.02. The van der Waals surface area contributed by atoms with Gasteiger partial charge in [0.2, 0.25) is 5.92 Å². The van der Waals surface area contributed by atoms with Crippen LogP contribution in [0.25, 0.3) is 16.6 Å². The predicted molar refractivity (Wildman–Crippen MR) is 149 cm³/mol. The van der Waals surface area contributed by atoms with Gasteiger partial charge in [0, 0.05) is 49.6 Å². The van der Waals surface area contributed by atoms with Gasteiger partial charge < -0.3 is 16.0 Å². The number of benzene rings is 2. The van der Waals surface area contributed by atoms with Gasteiger partial charge in [-0.15, -0.1) is 0 Å². The number of nitrogens with zero attached hydrogens (tertiary/aromatic N) is 5. The van der Waals surface area contributed by atoms with E-state index in [-0.39, 0.29) is 36.5 Å². The number of amides is 1. The van der Waals surface area contributed by atoms with Crippen molar-refractivity contribution >= 4 is 28.2 Å². The average molecular weight is 584 g/mol. The molecule has 0 radical (unpaired) electrons. The van der Waals surface area contributed by atoms with Crippen LogP contribution in [-0.4, -0.2) is 50.5 Å². The Kier molecular flexibility index (Phi) is 7.00. The van der Waals surface area contributed by atoms with Crippen molar-refractivity contribution in [1.29, 1.82) is 0 Å². The van der Waals surface area contributed by atoms with Crippen LogP contribution in [0, 0.1) is 17.6 Å². The third-order valence-electron chi connectivity index (χ3n) is 8.16. The third-order valence-corrected chi connectivity index (χ3v) is 8.16. The average Bonchev–Trinajstić information content (AvgIpc) is 3.52. The molecule has 2 aromatic heterocycles. The second-order valence-electron chi connectivity index (χ2n) is 11.1. The largest absolute Gasteiger partial charge is 0.367 e. The molecular formula is C29H29F4N7O2. The summed E-state index contributed by atoms with van der Waals surface area (Å²) in [4.78, 5) is 27.9. The number of carbonyl (C=O) groups excluding carboxylic acids is 1. The standard InChI is InChI=1S/C29H29F4N7O2/c1-16-13-38(15-21(16)34)26-18-14-39(17-9-11-29(32,33)12-10-17)36-22(18)5-6-23(26)35-28(42)24-7-8-25(41)40(37-24)27-19(30)3-2-4-20(27)31/h2-8,14,16-17,21H,9-13,15,34H2,1H3,(H,35,42)/t16-,21+/m1/s1. The first-order chi connectivity index (χ1) is 20.0. The zero-order valence-corrected chi connectivity index (χ0v) is 22.7. The molecule has 1 saturated heterocycles. The van der Waals surface area contributed by atoms with Crippen LogP contribution in [0.1, 0.15) is 49.1 Å². The Bertz CT molecular complexity index is 1700. The van der Waals surface area contributed by atoms with Gasteiger partial charge in [-0.2, -0.15) is 14.9 Å². The summed E-state index contributed by atoms with van der Waals surface area (Å²) in [5, 5.41) is 12.2. The summed E-state index contributed by atoms with van der Waals surface area (Å²) < 4.78 is 58.6. The highest BCUT2D eigenvalue weighted by Crippen LogP contribution is 2.41. The quantitative estimate of drug-likeness (QED) is 0.331. The Hall–Kier alpha value is -4.26. The number of halogens is 4. The van der Waals surface area contributed by atoms with Crippen LogP contribution >= 0.6 is 0 Å². The van der Waals surface area contributed by atoms with Crippen molar-refractivity contribution in [1.82, 2.24) is 19.6 Å². The van der Waals surface area contributed by atoms with E-state index < -0.39 is 34.7 Å². The van der Waals surface area contributed by atoms with Crippen LogP contribution in [0.5, 0.6) is 0 Å². The monoisotopic (exact) mass is 583 g/mol. The van der Waals surface area contributed by atoms with Crippen molar-refractivity contribution in [2.45, 2.75) is 50.6 Å². The summed E-state index contributed by atoms with van der Waals surface area (Å²) in [6.45, 7) is 3.16. The topological polar surface area (TPSA) is 111 Å². The number of anilines is 2. The van der Waals surface area contributed by atoms with E-state index in [2.05, 4.69) is 20.4 Å². The van der Waals surface area contributed by atoms with Gasteiger partial charge >= 0.3 is 0 Å². The van der Waals surface area contributed by atoms with E-state index in [1.54, 1.807) is 16.8 Å². The molecule has 1 aliphatic carbocycles. The molecule has 2 aliphatic rings. The first-order valence-corrected chi connectivity index (χ1v) is 13.8. The molecule has 4 aromatic rings. The fourth-order valence-electron chi connectivity index (χ4n) is 5.76. The highest BCUT2D eigenvalue weighted by molar-refractivity contribution is 6.08. The molecule has 2 fully saturated rings. The molecule has 2 atom stereocenters. The molecule has 42 heavy (non-hydrogen) atoms. The zero-order valence-electron chi connectivity index (χ0n) is 22.7. The van der Waals surface area contributed by atoms with Crippen molar-refractivity contribution in [2.24, 2.45) is 11.7 Å². The first-order valence-electron chi connectivity index (χ1n) is 13.8. The van der Waals surface area contributed by atoms with E-state index in [4.69, 9.17) is 5.73 Å². The molecule has 13 heteroatoms. The second kappa shape index (κ2) is 10.5. The van der Waals surface area contributed by atoms with Crippen molar-refractivity contribution in [3.8, 4) is 5.69 Å². The molecular weight excluding hydrogens is 554 g/mol. The molecule has 0 unspecified atom stereocenters. The Morgan fingerprint density at radius 2 is 1.71 bits per heavy atom. The van der Waals surface area contributed by atoms with Gasteiger partial charge in [0.05, 0.1) is 22.9 Å². The Morgan fingerprint density at radius 1 is 1.00 bits per heavy atom. The highest BCUT2D eigenvalue weighted by Gasteiger charge is 2.36. The molecule has 3 N–H and O–H groups in total. The molecule has 2 aromatic carbocycles. The predicted octanol–water partition coefficient (Wildman–Crippen LogP) is 4.65. The summed E-state index contributed by atoms with van der Waals surface area (Å²) in [5.41, 5.74) is 6.30. The number of fused-ring (bicyclic) bond motifs is 1. The van der Waals surface area contributed by atoms with E-state index >= 15 is 0 Å². The van der Waals surface area contributed by atoms with E-state index in [1.165, 1.54) is 6.07 Å². The summed E-state index contributed by atoms with van der Waals surface area (Å²) in [5.74, 6) is -5.22. The molecule has 0 spiro atoms.